The lowest BCUT2D eigenvalue weighted by Crippen LogP contribution is -2.66. The molecule has 0 bridgehead atoms. The molecule has 2 aromatic heterocycles. The Labute approximate surface area is 163 Å². The lowest BCUT2D eigenvalue weighted by atomic mass is 9.85. The Hall–Kier alpha value is -2.48. The maximum absolute atomic E-state index is 13.0. The molecule has 1 aliphatic carbocycles. The van der Waals surface area contributed by atoms with E-state index < -0.39 is 5.54 Å². The molecule has 2 aromatic rings. The van der Waals surface area contributed by atoms with E-state index in [-0.39, 0.29) is 11.8 Å². The standard InChI is InChI=1S/C20H26N6O2/c27-18(25-9-5-20(6-10-25)19(28)21-7-8-24-20)14-11-16-17(22-12-14)26(13-23-16)15-3-1-2-4-15/h11-13,15,24H,1-10H2,(H,21,28). The first-order valence-electron chi connectivity index (χ1n) is 10.3. The number of likely N-dealkylation sites (tertiary alicyclic amines) is 1. The lowest BCUT2D eigenvalue weighted by Gasteiger charge is -2.43. The van der Waals surface area contributed by atoms with Crippen LogP contribution in [-0.2, 0) is 4.79 Å². The molecule has 0 aromatic carbocycles. The van der Waals surface area contributed by atoms with E-state index in [0.29, 0.717) is 44.1 Å². The van der Waals surface area contributed by atoms with Crippen molar-refractivity contribution in [1.82, 2.24) is 30.1 Å². The van der Waals surface area contributed by atoms with Crippen molar-refractivity contribution in [3.63, 3.8) is 0 Å². The van der Waals surface area contributed by atoms with Gasteiger partial charge in [0.15, 0.2) is 5.65 Å². The number of carbonyl (C=O) groups excluding carboxylic acids is 2. The molecular formula is C20H26N6O2. The van der Waals surface area contributed by atoms with E-state index in [9.17, 15) is 9.59 Å². The summed E-state index contributed by atoms with van der Waals surface area (Å²) in [4.78, 5) is 36.2. The van der Waals surface area contributed by atoms with Gasteiger partial charge < -0.3 is 20.1 Å². The molecule has 8 heteroatoms. The number of hydrogen-bond acceptors (Lipinski definition) is 5. The number of nitrogens with one attached hydrogen (secondary N) is 2. The van der Waals surface area contributed by atoms with E-state index in [1.54, 1.807) is 6.20 Å². The zero-order chi connectivity index (χ0) is 19.1. The minimum atomic E-state index is -0.517. The Balaban J connectivity index is 1.31. The summed E-state index contributed by atoms with van der Waals surface area (Å²) < 4.78 is 2.16. The van der Waals surface area contributed by atoms with Crippen molar-refractivity contribution in [2.24, 2.45) is 0 Å². The molecule has 5 rings (SSSR count). The van der Waals surface area contributed by atoms with Gasteiger partial charge in [0.25, 0.3) is 5.91 Å². The molecule has 1 saturated carbocycles. The average molecular weight is 382 g/mol. The summed E-state index contributed by atoms with van der Waals surface area (Å²) >= 11 is 0. The zero-order valence-electron chi connectivity index (χ0n) is 16.0. The molecule has 1 spiro atoms. The fraction of sp³-hybridized carbons (Fsp3) is 0.600. The van der Waals surface area contributed by atoms with E-state index in [4.69, 9.17) is 0 Å². The van der Waals surface area contributed by atoms with Gasteiger partial charge in [-0.2, -0.15) is 0 Å². The number of nitrogens with zero attached hydrogens (tertiary/aromatic N) is 4. The zero-order valence-corrected chi connectivity index (χ0v) is 16.0. The van der Waals surface area contributed by atoms with Crippen LogP contribution in [0.5, 0.6) is 0 Å². The number of rotatable bonds is 2. The monoisotopic (exact) mass is 382 g/mol. The van der Waals surface area contributed by atoms with Gasteiger partial charge in [0.2, 0.25) is 5.91 Å². The number of amides is 2. The number of fused-ring (bicyclic) bond motifs is 1. The number of piperidine rings is 1. The highest BCUT2D eigenvalue weighted by molar-refractivity contribution is 5.96. The second-order valence-electron chi connectivity index (χ2n) is 8.21. The molecule has 4 heterocycles. The number of carbonyl (C=O) groups is 2. The summed E-state index contributed by atoms with van der Waals surface area (Å²) in [6.07, 6.45) is 9.66. The number of aromatic nitrogens is 3. The van der Waals surface area contributed by atoms with Gasteiger partial charge in [-0.3, -0.25) is 9.59 Å². The van der Waals surface area contributed by atoms with Gasteiger partial charge in [0.05, 0.1) is 11.9 Å². The highest BCUT2D eigenvalue weighted by Gasteiger charge is 2.43. The van der Waals surface area contributed by atoms with E-state index in [1.807, 2.05) is 17.3 Å². The summed E-state index contributed by atoms with van der Waals surface area (Å²) in [6.45, 7) is 2.58. The molecule has 8 nitrogen and oxygen atoms in total. The third-order valence-corrected chi connectivity index (χ3v) is 6.59. The predicted octanol–water partition coefficient (Wildman–Crippen LogP) is 1.24. The van der Waals surface area contributed by atoms with Crippen LogP contribution in [0.2, 0.25) is 0 Å². The van der Waals surface area contributed by atoms with Gasteiger partial charge in [-0.05, 0) is 31.7 Å². The SMILES string of the molecule is O=C(c1cnc2c(c1)ncn2C1CCCC1)N1CCC2(CC1)NCCNC2=O. The maximum Gasteiger partial charge on any atom is 0.255 e. The van der Waals surface area contributed by atoms with E-state index in [0.717, 1.165) is 17.7 Å². The second-order valence-corrected chi connectivity index (χ2v) is 8.21. The third kappa shape index (κ3) is 2.87. The fourth-order valence-electron chi connectivity index (χ4n) is 4.89. The lowest BCUT2D eigenvalue weighted by molar-refractivity contribution is -0.131. The first-order chi connectivity index (χ1) is 13.7. The van der Waals surface area contributed by atoms with E-state index in [2.05, 4.69) is 25.2 Å². The summed E-state index contributed by atoms with van der Waals surface area (Å²) in [6, 6.07) is 2.33. The summed E-state index contributed by atoms with van der Waals surface area (Å²) in [5.74, 6) is 0.0299. The molecule has 148 valence electrons. The topological polar surface area (TPSA) is 92.2 Å². The Morgan fingerprint density at radius 3 is 2.68 bits per heavy atom. The van der Waals surface area contributed by atoms with Crippen molar-refractivity contribution in [2.45, 2.75) is 50.1 Å². The number of hydrogen-bond donors (Lipinski definition) is 2. The Bertz CT molecular complexity index is 909. The molecule has 3 aliphatic rings. The van der Waals surface area contributed by atoms with Crippen LogP contribution in [0.25, 0.3) is 11.2 Å². The molecule has 2 N–H and O–H groups in total. The molecule has 2 saturated heterocycles. The first kappa shape index (κ1) is 17.6. The predicted molar refractivity (Wildman–Crippen MR) is 104 cm³/mol. The molecule has 0 atom stereocenters. The molecule has 0 unspecified atom stereocenters. The van der Waals surface area contributed by atoms with Crippen LogP contribution in [0.1, 0.15) is 54.9 Å². The van der Waals surface area contributed by atoms with Gasteiger partial charge in [0, 0.05) is 38.4 Å². The molecule has 2 amide bonds. The van der Waals surface area contributed by atoms with Gasteiger partial charge in [-0.15, -0.1) is 0 Å². The normalized spacial score (nSPS) is 22.7. The van der Waals surface area contributed by atoms with Crippen LogP contribution in [0.15, 0.2) is 18.6 Å². The summed E-state index contributed by atoms with van der Waals surface area (Å²) in [7, 11) is 0. The second kappa shape index (κ2) is 6.84. The number of piperazine rings is 1. The van der Waals surface area contributed by atoms with Crippen LogP contribution < -0.4 is 10.6 Å². The van der Waals surface area contributed by atoms with Crippen LogP contribution in [0.4, 0.5) is 0 Å². The van der Waals surface area contributed by atoms with Crippen molar-refractivity contribution in [3.8, 4) is 0 Å². The van der Waals surface area contributed by atoms with Crippen molar-refractivity contribution >= 4 is 23.0 Å². The fourth-order valence-corrected chi connectivity index (χ4v) is 4.89. The van der Waals surface area contributed by atoms with Crippen LogP contribution in [0, 0.1) is 0 Å². The van der Waals surface area contributed by atoms with E-state index in [1.165, 1.54) is 25.7 Å². The largest absolute Gasteiger partial charge is 0.353 e. The Kier molecular flexibility index (Phi) is 4.30. The van der Waals surface area contributed by atoms with Crippen LogP contribution in [-0.4, -0.2) is 63.0 Å². The smallest absolute Gasteiger partial charge is 0.255 e. The summed E-state index contributed by atoms with van der Waals surface area (Å²) in [5, 5.41) is 6.30. The molecule has 28 heavy (non-hydrogen) atoms. The third-order valence-electron chi connectivity index (χ3n) is 6.59. The highest BCUT2D eigenvalue weighted by Crippen LogP contribution is 2.31. The summed E-state index contributed by atoms with van der Waals surface area (Å²) in [5.41, 5.74) is 1.70. The van der Waals surface area contributed by atoms with Crippen molar-refractivity contribution in [1.29, 1.82) is 0 Å². The van der Waals surface area contributed by atoms with Crippen LogP contribution in [0.3, 0.4) is 0 Å². The van der Waals surface area contributed by atoms with Crippen LogP contribution >= 0.6 is 0 Å². The quantitative estimate of drug-likeness (QED) is 0.815. The maximum atomic E-state index is 13.0. The molecular weight excluding hydrogens is 356 g/mol. The molecule has 2 aliphatic heterocycles. The van der Waals surface area contributed by atoms with Gasteiger partial charge in [0.1, 0.15) is 11.1 Å². The average Bonchev–Trinajstić information content (AvgIpc) is 3.39. The van der Waals surface area contributed by atoms with Crippen molar-refractivity contribution in [3.05, 3.63) is 24.2 Å². The highest BCUT2D eigenvalue weighted by atomic mass is 16.2. The number of pyridine rings is 1. The van der Waals surface area contributed by atoms with Gasteiger partial charge in [-0.1, -0.05) is 12.8 Å². The van der Waals surface area contributed by atoms with Crippen molar-refractivity contribution < 1.29 is 9.59 Å². The van der Waals surface area contributed by atoms with E-state index >= 15 is 0 Å². The number of imidazole rings is 1. The molecule has 3 fully saturated rings. The van der Waals surface area contributed by atoms with Gasteiger partial charge in [-0.25, -0.2) is 9.97 Å². The Morgan fingerprint density at radius 1 is 1.14 bits per heavy atom. The molecule has 0 radical (unpaired) electrons. The van der Waals surface area contributed by atoms with Gasteiger partial charge >= 0.3 is 0 Å². The minimum Gasteiger partial charge on any atom is -0.353 e. The Morgan fingerprint density at radius 2 is 1.93 bits per heavy atom. The minimum absolute atomic E-state index is 0.0316. The first-order valence-corrected chi connectivity index (χ1v) is 10.3. The van der Waals surface area contributed by atoms with Crippen molar-refractivity contribution in [2.75, 3.05) is 26.2 Å².